The van der Waals surface area contributed by atoms with Crippen molar-refractivity contribution in [2.75, 3.05) is 0 Å². The van der Waals surface area contributed by atoms with Gasteiger partial charge in [-0.1, -0.05) is 56.7 Å². The Labute approximate surface area is 145 Å². The van der Waals surface area contributed by atoms with Crippen LogP contribution in [0.3, 0.4) is 0 Å². The van der Waals surface area contributed by atoms with Crippen LogP contribution in [0.5, 0.6) is 0 Å². The van der Waals surface area contributed by atoms with Gasteiger partial charge >= 0.3 is 5.97 Å². The van der Waals surface area contributed by atoms with Gasteiger partial charge in [0.15, 0.2) is 0 Å². The molecule has 0 heterocycles. The van der Waals surface area contributed by atoms with E-state index in [1.165, 1.54) is 17.6 Å². The second-order valence-electron chi connectivity index (χ2n) is 8.85. The number of carbonyl (C=O) groups is 1. The van der Waals surface area contributed by atoms with Gasteiger partial charge in [-0.2, -0.15) is 0 Å². The highest BCUT2D eigenvalue weighted by molar-refractivity contribution is 5.89. The molecule has 2 bridgehead atoms. The molecule has 1 N–H and O–H groups in total. The van der Waals surface area contributed by atoms with E-state index in [1.807, 2.05) is 0 Å². The van der Waals surface area contributed by atoms with E-state index < -0.39 is 5.97 Å². The van der Waals surface area contributed by atoms with Gasteiger partial charge < -0.3 is 5.11 Å². The third-order valence-corrected chi connectivity index (χ3v) is 7.84. The van der Waals surface area contributed by atoms with Crippen LogP contribution in [0.15, 0.2) is 41.5 Å². The van der Waals surface area contributed by atoms with Gasteiger partial charge in [0.05, 0.1) is 0 Å². The van der Waals surface area contributed by atoms with Crippen molar-refractivity contribution in [3.63, 3.8) is 0 Å². The number of rotatable bonds is 3. The molecule has 3 aliphatic rings. The van der Waals surface area contributed by atoms with Gasteiger partial charge in [-0.3, -0.25) is 0 Å². The summed E-state index contributed by atoms with van der Waals surface area (Å²) in [4.78, 5) is 11.8. The maximum absolute atomic E-state index is 11.8. The molecule has 24 heavy (non-hydrogen) atoms. The zero-order valence-electron chi connectivity index (χ0n) is 15.0. The maximum Gasteiger partial charge on any atom is 0.331 e. The summed E-state index contributed by atoms with van der Waals surface area (Å²) in [5.74, 6) is 1.18. The van der Waals surface area contributed by atoms with Crippen LogP contribution in [0.2, 0.25) is 0 Å². The summed E-state index contributed by atoms with van der Waals surface area (Å²) in [5, 5.41) is 9.68. The van der Waals surface area contributed by atoms with Crippen LogP contribution < -0.4 is 0 Å². The molecule has 0 aliphatic heterocycles. The van der Waals surface area contributed by atoms with Crippen LogP contribution in [-0.4, -0.2) is 11.1 Å². The van der Waals surface area contributed by atoms with Gasteiger partial charge in [-0.15, -0.1) is 0 Å². The van der Waals surface area contributed by atoms with Crippen molar-refractivity contribution in [2.24, 2.45) is 28.6 Å². The highest BCUT2D eigenvalue weighted by Crippen LogP contribution is 2.74. The van der Waals surface area contributed by atoms with Crippen molar-refractivity contribution < 1.29 is 9.90 Å². The van der Waals surface area contributed by atoms with Gasteiger partial charge in [-0.25, -0.2) is 4.79 Å². The first-order chi connectivity index (χ1) is 11.4. The van der Waals surface area contributed by atoms with E-state index in [1.54, 1.807) is 0 Å². The van der Waals surface area contributed by atoms with Crippen molar-refractivity contribution in [3.8, 4) is 0 Å². The van der Waals surface area contributed by atoms with E-state index in [0.717, 1.165) is 31.3 Å². The zero-order chi connectivity index (χ0) is 17.1. The molecule has 0 amide bonds. The first-order valence-corrected chi connectivity index (χ1v) is 9.37. The lowest BCUT2D eigenvalue weighted by atomic mass is 9.50. The second-order valence-corrected chi connectivity index (χ2v) is 8.85. The summed E-state index contributed by atoms with van der Waals surface area (Å²) >= 11 is 0. The number of hydrogen-bond donors (Lipinski definition) is 1. The van der Waals surface area contributed by atoms with Crippen LogP contribution in [0.1, 0.15) is 52.0 Å². The van der Waals surface area contributed by atoms with Crippen molar-refractivity contribution >= 4 is 5.97 Å². The van der Waals surface area contributed by atoms with Gasteiger partial charge in [0, 0.05) is 11.0 Å². The fourth-order valence-electron chi connectivity index (χ4n) is 6.85. The molecule has 2 fully saturated rings. The lowest BCUT2D eigenvalue weighted by molar-refractivity contribution is -0.132. The number of hydrogen-bond acceptors (Lipinski definition) is 1. The molecule has 2 nitrogen and oxygen atoms in total. The van der Waals surface area contributed by atoms with E-state index in [9.17, 15) is 9.90 Å². The first kappa shape index (κ1) is 15.9. The lowest BCUT2D eigenvalue weighted by Crippen LogP contribution is -2.48. The monoisotopic (exact) mass is 324 g/mol. The average molecular weight is 324 g/mol. The van der Waals surface area contributed by atoms with Gasteiger partial charge in [0.25, 0.3) is 0 Å². The minimum Gasteiger partial charge on any atom is -0.478 e. The Morgan fingerprint density at radius 1 is 1.25 bits per heavy atom. The number of benzene rings is 1. The van der Waals surface area contributed by atoms with E-state index in [4.69, 9.17) is 0 Å². The zero-order valence-corrected chi connectivity index (χ0v) is 15.0. The number of carboxylic acid groups (broad SMARTS) is 1. The van der Waals surface area contributed by atoms with Crippen molar-refractivity contribution in [3.05, 3.63) is 47.0 Å². The van der Waals surface area contributed by atoms with E-state index in [0.29, 0.717) is 17.8 Å². The number of fused-ring (bicyclic) bond motifs is 1. The topological polar surface area (TPSA) is 37.3 Å². The molecular formula is C22H28O2. The van der Waals surface area contributed by atoms with Gasteiger partial charge in [0.2, 0.25) is 0 Å². The molecule has 1 aromatic rings. The minimum atomic E-state index is -0.669. The van der Waals surface area contributed by atoms with Crippen LogP contribution in [0.25, 0.3) is 0 Å². The van der Waals surface area contributed by atoms with Crippen LogP contribution >= 0.6 is 0 Å². The molecule has 128 valence electrons. The average Bonchev–Trinajstić information content (AvgIpc) is 2.98. The summed E-state index contributed by atoms with van der Waals surface area (Å²) < 4.78 is 0. The summed E-state index contributed by atoms with van der Waals surface area (Å²) in [5.41, 5.74) is 3.83. The Balaban J connectivity index is 1.74. The third-order valence-electron chi connectivity index (χ3n) is 7.84. The second kappa shape index (κ2) is 5.21. The van der Waals surface area contributed by atoms with Gasteiger partial charge in [0.1, 0.15) is 0 Å². The molecular weight excluding hydrogens is 296 g/mol. The number of carboxylic acids is 1. The maximum atomic E-state index is 11.8. The standard InChI is InChI=1S/C22H28O2/c1-14-11-16(12-15-7-5-4-6-8-15)18-13-19-17(20(23)24)9-10-22(14,19)21(18,2)3/h4-8,14,16,18H,9-13H2,1-3H3,(H,23,24)/t14-,16+,18+,22-/m0/s1. The molecule has 1 spiro atoms. The lowest BCUT2D eigenvalue weighted by Gasteiger charge is -2.54. The highest BCUT2D eigenvalue weighted by atomic mass is 16.4. The SMILES string of the molecule is C[C@H]1C[C@H](Cc2ccccc2)[C@H]2CC3=C(C(=O)O)CC[C@@]31C2(C)C. The fourth-order valence-corrected chi connectivity index (χ4v) is 6.85. The smallest absolute Gasteiger partial charge is 0.331 e. The molecule has 0 saturated heterocycles. The molecule has 4 atom stereocenters. The largest absolute Gasteiger partial charge is 0.478 e. The molecule has 0 aromatic heterocycles. The highest BCUT2D eigenvalue weighted by Gasteiger charge is 2.66. The molecule has 0 unspecified atom stereocenters. The van der Waals surface area contributed by atoms with Crippen LogP contribution in [-0.2, 0) is 11.2 Å². The summed E-state index contributed by atoms with van der Waals surface area (Å²) in [6, 6.07) is 10.8. The normalized spacial score (nSPS) is 36.7. The number of allylic oxidation sites excluding steroid dienone is 1. The summed E-state index contributed by atoms with van der Waals surface area (Å²) in [6.07, 6.45) is 5.20. The van der Waals surface area contributed by atoms with Crippen molar-refractivity contribution in [1.82, 2.24) is 0 Å². The number of aliphatic carboxylic acids is 1. The Morgan fingerprint density at radius 3 is 2.62 bits per heavy atom. The molecule has 0 radical (unpaired) electrons. The minimum absolute atomic E-state index is 0.137. The fraction of sp³-hybridized carbons (Fsp3) is 0.591. The quantitative estimate of drug-likeness (QED) is 0.840. The van der Waals surface area contributed by atoms with Gasteiger partial charge in [-0.05, 0) is 60.8 Å². The third kappa shape index (κ3) is 1.92. The Kier molecular flexibility index (Phi) is 3.46. The van der Waals surface area contributed by atoms with E-state index >= 15 is 0 Å². The van der Waals surface area contributed by atoms with Crippen LogP contribution in [0, 0.1) is 28.6 Å². The molecule has 3 aliphatic carbocycles. The van der Waals surface area contributed by atoms with E-state index in [2.05, 4.69) is 51.1 Å². The first-order valence-electron chi connectivity index (χ1n) is 9.37. The Bertz CT molecular complexity index is 700. The molecule has 2 heteroatoms. The summed E-state index contributed by atoms with van der Waals surface area (Å²) in [6.45, 7) is 7.22. The predicted octanol–water partition coefficient (Wildman–Crippen LogP) is 5.09. The van der Waals surface area contributed by atoms with Crippen molar-refractivity contribution in [1.29, 1.82) is 0 Å². The van der Waals surface area contributed by atoms with Crippen molar-refractivity contribution in [2.45, 2.75) is 52.9 Å². The van der Waals surface area contributed by atoms with Crippen LogP contribution in [0.4, 0.5) is 0 Å². The van der Waals surface area contributed by atoms with E-state index in [-0.39, 0.29) is 10.8 Å². The summed E-state index contributed by atoms with van der Waals surface area (Å²) in [7, 11) is 0. The predicted molar refractivity (Wildman–Crippen MR) is 95.6 cm³/mol. The molecule has 1 aromatic carbocycles. The molecule has 2 saturated carbocycles. The molecule has 4 rings (SSSR count). The Hall–Kier alpha value is -1.57. The Morgan fingerprint density at radius 2 is 1.96 bits per heavy atom.